The number of aliphatic hydroxyl groups is 2. The van der Waals surface area contributed by atoms with Crippen molar-refractivity contribution in [2.45, 2.75) is 89.7 Å². The van der Waals surface area contributed by atoms with Crippen LogP contribution in [0.1, 0.15) is 84.9 Å². The van der Waals surface area contributed by atoms with E-state index in [4.69, 9.17) is 9.72 Å². The van der Waals surface area contributed by atoms with E-state index in [9.17, 15) is 24.6 Å². The van der Waals surface area contributed by atoms with Crippen LogP contribution >= 0.6 is 0 Å². The fourth-order valence-electron chi connectivity index (χ4n) is 7.33. The fraction of sp³-hybridized carbons (Fsp3) is 0.484. The maximum Gasteiger partial charge on any atom is 0.343 e. The van der Waals surface area contributed by atoms with Crippen molar-refractivity contribution in [2.75, 3.05) is 0 Å². The first-order valence-electron chi connectivity index (χ1n) is 14.4. The monoisotopic (exact) mass is 561 g/mol. The molecule has 2 aromatic heterocycles. The number of hydrogen-bond acceptors (Lipinski definition) is 7. The zero-order chi connectivity index (χ0) is 28.8. The first kappa shape index (κ1) is 26.3. The third kappa shape index (κ3) is 3.73. The number of aromatic nitrogens is 2. The Balaban J connectivity index is 1.41. The second kappa shape index (κ2) is 9.19. The number of fused-ring (bicyclic) bond motifs is 5. The van der Waals surface area contributed by atoms with Crippen LogP contribution in [-0.4, -0.2) is 37.7 Å². The number of esters is 1. The summed E-state index contributed by atoms with van der Waals surface area (Å²) in [6.07, 6.45) is 3.25. The van der Waals surface area contributed by atoms with Gasteiger partial charge in [-0.2, -0.15) is 0 Å². The lowest BCUT2D eigenvalue weighted by Gasteiger charge is -2.32. The number of cyclic esters (lactones) is 1. The highest BCUT2D eigenvalue weighted by Gasteiger charge is 2.46. The van der Waals surface area contributed by atoms with Gasteiger partial charge in [0, 0.05) is 28.5 Å². The summed E-state index contributed by atoms with van der Waals surface area (Å²) >= 11 is 0. The Morgan fingerprint density at radius 1 is 1.17 bits per heavy atom. The van der Waals surface area contributed by atoms with Gasteiger partial charge in [0.25, 0.3) is 5.56 Å². The number of aryl methyl sites for hydroxylation is 1. The zero-order valence-corrected chi connectivity index (χ0v) is 23.1. The summed E-state index contributed by atoms with van der Waals surface area (Å²) in [5.41, 5.74) is 2.55. The Kier molecular flexibility index (Phi) is 5.89. The SMILES string of the molecule is CC[C@@]1(O)C(=O)OCc2c1cc1n(c2=O)Cc2c-1nc1cc(F)c(C)c3c1c2[C@@H](NC(=O)[C@H]1CC[C@H](O)CC1)CC3. The van der Waals surface area contributed by atoms with Gasteiger partial charge in [0.2, 0.25) is 5.91 Å². The van der Waals surface area contributed by atoms with Gasteiger partial charge in [-0.05, 0) is 74.6 Å². The number of pyridine rings is 2. The molecule has 3 aromatic rings. The molecule has 4 aliphatic rings. The van der Waals surface area contributed by atoms with Crippen LogP contribution in [0.15, 0.2) is 16.9 Å². The number of nitrogens with zero attached hydrogens (tertiary/aromatic N) is 2. The molecule has 0 bridgehead atoms. The van der Waals surface area contributed by atoms with Crippen molar-refractivity contribution >= 4 is 22.8 Å². The van der Waals surface area contributed by atoms with Crippen molar-refractivity contribution in [3.05, 3.63) is 61.7 Å². The molecule has 10 heteroatoms. The molecule has 0 saturated heterocycles. The molecular formula is C31H32FN3O6. The van der Waals surface area contributed by atoms with E-state index in [2.05, 4.69) is 5.32 Å². The standard InChI is InChI=1S/C31H32FN3O6/c1-3-31(40)20-10-24-27-18(12-35(24)29(38)19(20)13-41-30(31)39)26-22(34-28(37)15-4-6-16(36)7-5-15)9-8-17-14(2)21(32)11-23(33-27)25(17)26/h10-11,15-16,22,36,40H,3-9,12-13H2,1-2H3,(H,34,37)/t15-,16-,22-,31-/m0/s1. The van der Waals surface area contributed by atoms with Crippen LogP contribution < -0.4 is 10.9 Å². The topological polar surface area (TPSA) is 131 Å². The molecule has 41 heavy (non-hydrogen) atoms. The lowest BCUT2D eigenvalue weighted by molar-refractivity contribution is -0.172. The number of ether oxygens (including phenoxy) is 1. The first-order chi connectivity index (χ1) is 19.6. The lowest BCUT2D eigenvalue weighted by Crippen LogP contribution is -2.44. The van der Waals surface area contributed by atoms with Crippen LogP contribution in [0, 0.1) is 18.7 Å². The van der Waals surface area contributed by atoms with E-state index in [1.807, 2.05) is 0 Å². The molecular weight excluding hydrogens is 529 g/mol. The maximum absolute atomic E-state index is 15.1. The third-order valence-electron chi connectivity index (χ3n) is 9.76. The molecule has 3 N–H and O–H groups in total. The molecule has 9 nitrogen and oxygen atoms in total. The largest absolute Gasteiger partial charge is 0.458 e. The van der Waals surface area contributed by atoms with Crippen LogP contribution in [0.5, 0.6) is 0 Å². The maximum atomic E-state index is 15.1. The Hall–Kier alpha value is -3.63. The van der Waals surface area contributed by atoms with E-state index in [-0.39, 0.29) is 66.0 Å². The number of benzene rings is 1. The summed E-state index contributed by atoms with van der Waals surface area (Å²) in [6.45, 7) is 3.38. The highest BCUT2D eigenvalue weighted by atomic mass is 19.1. The predicted molar refractivity (Wildman–Crippen MR) is 146 cm³/mol. The van der Waals surface area contributed by atoms with Crippen LogP contribution in [0.25, 0.3) is 22.3 Å². The molecule has 1 aromatic carbocycles. The Morgan fingerprint density at radius 3 is 2.66 bits per heavy atom. The van der Waals surface area contributed by atoms with Crippen LogP contribution in [0.4, 0.5) is 4.39 Å². The molecule has 1 fully saturated rings. The highest BCUT2D eigenvalue weighted by Crippen LogP contribution is 2.46. The van der Waals surface area contributed by atoms with Gasteiger partial charge in [-0.1, -0.05) is 6.92 Å². The summed E-state index contributed by atoms with van der Waals surface area (Å²) in [6, 6.07) is 2.69. The lowest BCUT2D eigenvalue weighted by atomic mass is 9.81. The van der Waals surface area contributed by atoms with Gasteiger partial charge in [0.05, 0.1) is 41.2 Å². The van der Waals surface area contributed by atoms with Crippen molar-refractivity contribution in [1.82, 2.24) is 14.9 Å². The van der Waals surface area contributed by atoms with E-state index in [0.717, 1.165) is 22.1 Å². The average Bonchev–Trinajstić information content (AvgIpc) is 3.33. The predicted octanol–water partition coefficient (Wildman–Crippen LogP) is 3.18. The molecule has 0 radical (unpaired) electrons. The van der Waals surface area contributed by atoms with E-state index in [1.54, 1.807) is 24.5 Å². The quantitative estimate of drug-likeness (QED) is 0.328. The van der Waals surface area contributed by atoms with Crippen LogP contribution in [0.3, 0.4) is 0 Å². The van der Waals surface area contributed by atoms with Crippen molar-refractivity contribution in [1.29, 1.82) is 0 Å². The van der Waals surface area contributed by atoms with Crippen molar-refractivity contribution in [2.24, 2.45) is 5.92 Å². The van der Waals surface area contributed by atoms with Gasteiger partial charge >= 0.3 is 5.97 Å². The molecule has 1 saturated carbocycles. The van der Waals surface area contributed by atoms with Gasteiger partial charge < -0.3 is 24.8 Å². The molecule has 2 aliphatic heterocycles. The number of nitrogens with one attached hydrogen (secondary N) is 1. The number of aliphatic hydroxyl groups excluding tert-OH is 1. The van der Waals surface area contributed by atoms with Crippen molar-refractivity contribution < 1.29 is 28.9 Å². The molecule has 0 spiro atoms. The second-order valence-corrected chi connectivity index (χ2v) is 11.9. The molecule has 4 heterocycles. The Labute approximate surface area is 235 Å². The molecule has 214 valence electrons. The van der Waals surface area contributed by atoms with Gasteiger partial charge in [-0.15, -0.1) is 0 Å². The zero-order valence-electron chi connectivity index (χ0n) is 23.1. The molecule has 7 rings (SSSR count). The molecule has 1 amide bonds. The summed E-state index contributed by atoms with van der Waals surface area (Å²) in [5.74, 6) is -1.40. The van der Waals surface area contributed by atoms with Gasteiger partial charge in [0.1, 0.15) is 12.4 Å². The minimum absolute atomic E-state index is 0.0329. The summed E-state index contributed by atoms with van der Waals surface area (Å²) < 4.78 is 21.9. The van der Waals surface area contributed by atoms with E-state index < -0.39 is 11.6 Å². The number of hydrogen-bond donors (Lipinski definition) is 3. The number of rotatable bonds is 3. The highest BCUT2D eigenvalue weighted by molar-refractivity contribution is 5.94. The number of amides is 1. The van der Waals surface area contributed by atoms with Crippen molar-refractivity contribution in [3.8, 4) is 11.4 Å². The minimum atomic E-state index is -1.95. The Morgan fingerprint density at radius 2 is 1.93 bits per heavy atom. The molecule has 2 aliphatic carbocycles. The number of halogens is 1. The fourth-order valence-corrected chi connectivity index (χ4v) is 7.33. The van der Waals surface area contributed by atoms with Gasteiger partial charge in [0.15, 0.2) is 5.60 Å². The van der Waals surface area contributed by atoms with Gasteiger partial charge in [-0.25, -0.2) is 14.2 Å². The average molecular weight is 562 g/mol. The minimum Gasteiger partial charge on any atom is -0.458 e. The number of carbonyl (C=O) groups excluding carboxylic acids is 2. The van der Waals surface area contributed by atoms with E-state index >= 15 is 4.39 Å². The normalized spacial score (nSPS) is 26.3. The number of carbonyl (C=O) groups is 2. The van der Waals surface area contributed by atoms with E-state index in [1.165, 1.54) is 6.07 Å². The molecule has 2 atom stereocenters. The first-order valence-corrected chi connectivity index (χ1v) is 14.4. The van der Waals surface area contributed by atoms with E-state index in [0.29, 0.717) is 61.0 Å². The summed E-state index contributed by atoms with van der Waals surface area (Å²) in [4.78, 5) is 44.6. The smallest absolute Gasteiger partial charge is 0.343 e. The third-order valence-corrected chi connectivity index (χ3v) is 9.76. The summed E-state index contributed by atoms with van der Waals surface area (Å²) in [5, 5.41) is 25.2. The van der Waals surface area contributed by atoms with Gasteiger partial charge in [-0.3, -0.25) is 9.59 Å². The van der Waals surface area contributed by atoms with Crippen LogP contribution in [-0.2, 0) is 39.5 Å². The van der Waals surface area contributed by atoms with Crippen molar-refractivity contribution in [3.63, 3.8) is 0 Å². The molecule has 0 unspecified atom stereocenters. The second-order valence-electron chi connectivity index (χ2n) is 11.9. The Bertz CT molecular complexity index is 1720. The van der Waals surface area contributed by atoms with Crippen LogP contribution in [0.2, 0.25) is 0 Å². The summed E-state index contributed by atoms with van der Waals surface area (Å²) in [7, 11) is 0.